The van der Waals surface area contributed by atoms with E-state index in [2.05, 4.69) is 41.3 Å². The number of fused-ring (bicyclic) bond motifs is 1. The van der Waals surface area contributed by atoms with Crippen LogP contribution in [0, 0.1) is 12.8 Å². The molecule has 19 heavy (non-hydrogen) atoms. The Morgan fingerprint density at radius 1 is 1.42 bits per heavy atom. The van der Waals surface area contributed by atoms with Crippen LogP contribution in [0.5, 0.6) is 0 Å². The first-order valence-corrected chi connectivity index (χ1v) is 6.75. The maximum atomic E-state index is 11.8. The third-order valence-corrected chi connectivity index (χ3v) is 3.23. The van der Waals surface area contributed by atoms with Crippen molar-refractivity contribution in [2.24, 2.45) is 5.92 Å². The molecule has 0 spiro atoms. The molecular weight excluding hydrogens is 242 g/mol. The van der Waals surface area contributed by atoms with Crippen LogP contribution in [0.15, 0.2) is 4.79 Å². The lowest BCUT2D eigenvalue weighted by Gasteiger charge is -2.11. The lowest BCUT2D eigenvalue weighted by molar-refractivity contribution is 0.605. The van der Waals surface area contributed by atoms with Crippen molar-refractivity contribution < 1.29 is 0 Å². The largest absolute Gasteiger partial charge is 0.355 e. The van der Waals surface area contributed by atoms with Gasteiger partial charge in [-0.15, -0.1) is 0 Å². The Kier molecular flexibility index (Phi) is 3.87. The molecule has 104 valence electrons. The number of hydrogen-bond donors (Lipinski definition) is 2. The molecule has 2 N–H and O–H groups in total. The molecule has 0 atom stereocenters. The van der Waals surface area contributed by atoms with E-state index in [-0.39, 0.29) is 5.69 Å². The zero-order chi connectivity index (χ0) is 14.0. The Balaban J connectivity index is 2.43. The molecule has 6 heteroatoms. The van der Waals surface area contributed by atoms with E-state index in [0.29, 0.717) is 17.5 Å². The monoisotopic (exact) mass is 263 g/mol. The summed E-state index contributed by atoms with van der Waals surface area (Å²) < 4.78 is 1.51. The zero-order valence-electron chi connectivity index (χ0n) is 11.9. The Morgan fingerprint density at radius 3 is 2.79 bits per heavy atom. The molecule has 2 aromatic rings. The number of aromatic nitrogens is 4. The second-order valence-corrected chi connectivity index (χ2v) is 5.16. The van der Waals surface area contributed by atoms with Crippen molar-refractivity contribution in [3.8, 4) is 0 Å². The van der Waals surface area contributed by atoms with Gasteiger partial charge in [0.05, 0.1) is 5.69 Å². The lowest BCUT2D eigenvalue weighted by Crippen LogP contribution is -2.19. The predicted molar refractivity (Wildman–Crippen MR) is 75.7 cm³/mol. The van der Waals surface area contributed by atoms with E-state index in [9.17, 15) is 4.79 Å². The maximum absolute atomic E-state index is 11.8. The fourth-order valence-electron chi connectivity index (χ4n) is 2.07. The molecule has 0 fully saturated rings. The molecule has 0 saturated carbocycles. The van der Waals surface area contributed by atoms with Crippen molar-refractivity contribution in [3.63, 3.8) is 0 Å². The number of rotatable bonds is 5. The molecule has 0 amide bonds. The van der Waals surface area contributed by atoms with Crippen molar-refractivity contribution in [2.75, 3.05) is 11.9 Å². The minimum atomic E-state index is -0.250. The van der Waals surface area contributed by atoms with Crippen LogP contribution >= 0.6 is 0 Å². The van der Waals surface area contributed by atoms with Gasteiger partial charge in [-0.1, -0.05) is 20.8 Å². The fourth-order valence-corrected chi connectivity index (χ4v) is 2.07. The van der Waals surface area contributed by atoms with Gasteiger partial charge in [-0.25, -0.2) is 19.3 Å². The zero-order valence-corrected chi connectivity index (χ0v) is 11.9. The number of nitrogens with one attached hydrogen (secondary N) is 2. The van der Waals surface area contributed by atoms with Gasteiger partial charge < -0.3 is 5.32 Å². The van der Waals surface area contributed by atoms with Gasteiger partial charge in [-0.2, -0.15) is 5.10 Å². The number of anilines is 1. The van der Waals surface area contributed by atoms with Gasteiger partial charge in [0.2, 0.25) is 5.95 Å². The summed E-state index contributed by atoms with van der Waals surface area (Å²) in [5, 5.41) is 9.80. The molecule has 0 aliphatic carbocycles. The van der Waals surface area contributed by atoms with E-state index < -0.39 is 0 Å². The van der Waals surface area contributed by atoms with Crippen LogP contribution in [-0.4, -0.2) is 26.1 Å². The average Bonchev–Trinajstić information content (AvgIpc) is 2.75. The standard InChI is InChI=1S/C13H21N5O/c1-5-10-9(4)11-16-17-13(19)18(11)12(15-10)14-7-6-8(2)3/h8H,5-7H2,1-4H3,(H,14,15)(H,17,19). The molecule has 0 aromatic carbocycles. The van der Waals surface area contributed by atoms with Crippen molar-refractivity contribution in [1.82, 2.24) is 19.6 Å². The first-order valence-electron chi connectivity index (χ1n) is 6.75. The van der Waals surface area contributed by atoms with Crippen molar-refractivity contribution in [2.45, 2.75) is 40.5 Å². The molecular formula is C13H21N5O. The van der Waals surface area contributed by atoms with Gasteiger partial charge in [0.15, 0.2) is 5.65 Å². The molecule has 2 rings (SSSR count). The summed E-state index contributed by atoms with van der Waals surface area (Å²) in [6.07, 6.45) is 1.85. The van der Waals surface area contributed by atoms with Crippen LogP contribution in [0.1, 0.15) is 38.4 Å². The normalized spacial score (nSPS) is 11.4. The smallest absolute Gasteiger partial charge is 0.350 e. The summed E-state index contributed by atoms with van der Waals surface area (Å²) in [6, 6.07) is 0. The van der Waals surface area contributed by atoms with Crippen LogP contribution in [0.2, 0.25) is 0 Å². The Hall–Kier alpha value is -1.85. The molecule has 2 heterocycles. The molecule has 0 unspecified atom stereocenters. The number of hydrogen-bond acceptors (Lipinski definition) is 4. The topological polar surface area (TPSA) is 75.1 Å². The van der Waals surface area contributed by atoms with Gasteiger partial charge in [-0.05, 0) is 25.7 Å². The molecule has 0 radical (unpaired) electrons. The molecule has 6 nitrogen and oxygen atoms in total. The van der Waals surface area contributed by atoms with Gasteiger partial charge in [-0.3, -0.25) is 0 Å². The highest BCUT2D eigenvalue weighted by Gasteiger charge is 2.13. The van der Waals surface area contributed by atoms with Crippen LogP contribution in [-0.2, 0) is 6.42 Å². The SMILES string of the molecule is CCc1nc(NCCC(C)C)n2c(=O)[nH]nc2c1C. The minimum Gasteiger partial charge on any atom is -0.355 e. The Morgan fingerprint density at radius 2 is 2.16 bits per heavy atom. The van der Waals surface area contributed by atoms with Crippen molar-refractivity contribution >= 4 is 11.6 Å². The molecule has 0 aliphatic rings. The van der Waals surface area contributed by atoms with Crippen LogP contribution in [0.25, 0.3) is 5.65 Å². The highest BCUT2D eigenvalue weighted by Crippen LogP contribution is 2.15. The molecule has 0 aliphatic heterocycles. The lowest BCUT2D eigenvalue weighted by atomic mass is 10.1. The van der Waals surface area contributed by atoms with Crippen LogP contribution in [0.4, 0.5) is 5.95 Å². The number of H-pyrrole nitrogens is 1. The summed E-state index contributed by atoms with van der Waals surface area (Å²) in [4.78, 5) is 16.4. The van der Waals surface area contributed by atoms with Crippen LogP contribution < -0.4 is 11.0 Å². The number of aryl methyl sites for hydroxylation is 2. The fraction of sp³-hybridized carbons (Fsp3) is 0.615. The quantitative estimate of drug-likeness (QED) is 0.861. The third-order valence-electron chi connectivity index (χ3n) is 3.23. The number of nitrogens with zero attached hydrogens (tertiary/aromatic N) is 3. The van der Waals surface area contributed by atoms with Crippen LogP contribution in [0.3, 0.4) is 0 Å². The summed E-state index contributed by atoms with van der Waals surface area (Å²) >= 11 is 0. The first kappa shape index (κ1) is 13.6. The highest BCUT2D eigenvalue weighted by molar-refractivity contribution is 5.53. The minimum absolute atomic E-state index is 0.250. The Labute approximate surface area is 112 Å². The second-order valence-electron chi connectivity index (χ2n) is 5.16. The third kappa shape index (κ3) is 2.62. The Bertz CT molecular complexity index is 626. The number of aromatic amines is 1. The van der Waals surface area contributed by atoms with E-state index in [0.717, 1.165) is 30.6 Å². The summed E-state index contributed by atoms with van der Waals surface area (Å²) in [5.41, 5.74) is 2.33. The van der Waals surface area contributed by atoms with E-state index in [4.69, 9.17) is 0 Å². The average molecular weight is 263 g/mol. The summed E-state index contributed by atoms with van der Waals surface area (Å²) in [7, 11) is 0. The van der Waals surface area contributed by atoms with Crippen molar-refractivity contribution in [3.05, 3.63) is 21.7 Å². The van der Waals surface area contributed by atoms with Gasteiger partial charge in [0.1, 0.15) is 0 Å². The first-order chi connectivity index (χ1) is 9.04. The van der Waals surface area contributed by atoms with Crippen molar-refractivity contribution in [1.29, 1.82) is 0 Å². The second kappa shape index (κ2) is 5.42. The molecule has 0 saturated heterocycles. The molecule has 2 aromatic heterocycles. The van der Waals surface area contributed by atoms with E-state index >= 15 is 0 Å². The van der Waals surface area contributed by atoms with E-state index in [1.807, 2.05) is 6.92 Å². The van der Waals surface area contributed by atoms with E-state index in [1.165, 1.54) is 4.40 Å². The molecule has 0 bridgehead atoms. The van der Waals surface area contributed by atoms with Gasteiger partial charge >= 0.3 is 5.69 Å². The predicted octanol–water partition coefficient (Wildman–Crippen LogP) is 1.75. The van der Waals surface area contributed by atoms with E-state index in [1.54, 1.807) is 0 Å². The maximum Gasteiger partial charge on any atom is 0.350 e. The summed E-state index contributed by atoms with van der Waals surface area (Å²) in [6.45, 7) is 9.13. The highest BCUT2D eigenvalue weighted by atomic mass is 16.1. The summed E-state index contributed by atoms with van der Waals surface area (Å²) in [5.74, 6) is 1.19. The van der Waals surface area contributed by atoms with Gasteiger partial charge in [0, 0.05) is 12.1 Å². The van der Waals surface area contributed by atoms with Gasteiger partial charge in [0.25, 0.3) is 0 Å².